The van der Waals surface area contributed by atoms with Crippen LogP contribution >= 0.6 is 15.9 Å². The van der Waals surface area contributed by atoms with Crippen molar-refractivity contribution in [1.82, 2.24) is 5.32 Å². The summed E-state index contributed by atoms with van der Waals surface area (Å²) in [6.45, 7) is 8.19. The molecule has 1 amide bonds. The summed E-state index contributed by atoms with van der Waals surface area (Å²) < 4.78 is 0.148. The van der Waals surface area contributed by atoms with Crippen LogP contribution in [-0.2, 0) is 14.4 Å². The van der Waals surface area contributed by atoms with Crippen molar-refractivity contribution < 1.29 is 14.4 Å². The van der Waals surface area contributed by atoms with Gasteiger partial charge >= 0.3 is 0 Å². The van der Waals surface area contributed by atoms with Gasteiger partial charge in [0.2, 0.25) is 11.7 Å². The number of rotatable bonds is 8. The van der Waals surface area contributed by atoms with E-state index in [9.17, 15) is 14.4 Å². The topological polar surface area (TPSA) is 63.2 Å². The molecule has 5 heteroatoms. The van der Waals surface area contributed by atoms with Crippen molar-refractivity contribution >= 4 is 33.4 Å². The molecule has 0 aromatic rings. The van der Waals surface area contributed by atoms with Gasteiger partial charge in [0.25, 0.3) is 0 Å². The molecule has 0 fully saturated rings. The molecule has 0 unspecified atom stereocenters. The molecule has 0 bridgehead atoms. The quantitative estimate of drug-likeness (QED) is 0.347. The van der Waals surface area contributed by atoms with Crippen molar-refractivity contribution in [3.8, 4) is 0 Å². The molecule has 0 spiro atoms. The van der Waals surface area contributed by atoms with Crippen molar-refractivity contribution in [2.75, 3.05) is 0 Å². The Morgan fingerprint density at radius 3 is 2.27 bits per heavy atom. The summed E-state index contributed by atoms with van der Waals surface area (Å²) in [5, 5.41) is 2.48. The van der Waals surface area contributed by atoms with Gasteiger partial charge in [0.15, 0.2) is 5.78 Å². The van der Waals surface area contributed by atoms with Crippen LogP contribution in [0, 0.1) is 0 Å². The SMILES string of the molecule is CC(C)=CCCC(C)=CCCC(C)=CC(=O)NC1=CC(=O)C=C(Br)C1=O. The molecule has 0 saturated heterocycles. The fraction of sp³-hybridized carbons (Fsp3) is 0.381. The molecule has 0 aliphatic heterocycles. The van der Waals surface area contributed by atoms with Gasteiger partial charge in [0, 0.05) is 18.2 Å². The van der Waals surface area contributed by atoms with Gasteiger partial charge in [0.1, 0.15) is 0 Å². The maximum Gasteiger partial charge on any atom is 0.248 e. The number of Topliss-reactive ketones (excluding diaryl/α,β-unsaturated/α-hetero) is 1. The van der Waals surface area contributed by atoms with E-state index in [0.717, 1.165) is 37.3 Å². The van der Waals surface area contributed by atoms with E-state index in [1.54, 1.807) is 0 Å². The highest BCUT2D eigenvalue weighted by Crippen LogP contribution is 2.16. The van der Waals surface area contributed by atoms with Crippen LogP contribution in [0.3, 0.4) is 0 Å². The highest BCUT2D eigenvalue weighted by Gasteiger charge is 2.20. The lowest BCUT2D eigenvalue weighted by atomic mass is 10.1. The van der Waals surface area contributed by atoms with Crippen molar-refractivity contribution in [3.05, 3.63) is 57.3 Å². The molecule has 1 rings (SSSR count). The molecule has 0 aromatic carbocycles. The molecule has 0 radical (unpaired) electrons. The normalized spacial score (nSPS) is 15.4. The first-order chi connectivity index (χ1) is 12.2. The number of hydrogen-bond donors (Lipinski definition) is 1. The first kappa shape index (κ1) is 22.0. The van der Waals surface area contributed by atoms with Crippen molar-refractivity contribution in [1.29, 1.82) is 0 Å². The number of amides is 1. The Bertz CT molecular complexity index is 732. The van der Waals surface area contributed by atoms with Crippen molar-refractivity contribution in [2.24, 2.45) is 0 Å². The molecule has 0 atom stereocenters. The van der Waals surface area contributed by atoms with Crippen LogP contribution < -0.4 is 5.32 Å². The van der Waals surface area contributed by atoms with E-state index in [1.165, 1.54) is 23.3 Å². The molecule has 1 aliphatic rings. The van der Waals surface area contributed by atoms with Crippen LogP contribution in [0.2, 0.25) is 0 Å². The molecular formula is C21H26BrNO3. The summed E-state index contributed by atoms with van der Waals surface area (Å²) >= 11 is 3.02. The second-order valence-electron chi connectivity index (χ2n) is 6.67. The first-order valence-electron chi connectivity index (χ1n) is 8.63. The molecule has 0 saturated carbocycles. The van der Waals surface area contributed by atoms with Gasteiger partial charge in [-0.15, -0.1) is 0 Å². The predicted molar refractivity (Wildman–Crippen MR) is 109 cm³/mol. The summed E-state index contributed by atoms with van der Waals surface area (Å²) in [6, 6.07) is 0. The molecule has 0 aromatic heterocycles. The van der Waals surface area contributed by atoms with Gasteiger partial charge in [0.05, 0.1) is 10.2 Å². The number of nitrogens with one attached hydrogen (secondary N) is 1. The van der Waals surface area contributed by atoms with Gasteiger partial charge in [-0.3, -0.25) is 14.4 Å². The van der Waals surface area contributed by atoms with E-state index >= 15 is 0 Å². The Morgan fingerprint density at radius 1 is 1.00 bits per heavy atom. The Morgan fingerprint density at radius 2 is 1.62 bits per heavy atom. The summed E-state index contributed by atoms with van der Waals surface area (Å²) in [5.74, 6) is -1.14. The minimum absolute atomic E-state index is 0.00608. The Hall–Kier alpha value is -2.01. The molecule has 0 heterocycles. The van der Waals surface area contributed by atoms with E-state index in [1.807, 2.05) is 6.92 Å². The Balaban J connectivity index is 2.49. The molecule has 1 aliphatic carbocycles. The number of ketones is 2. The molecule has 26 heavy (non-hydrogen) atoms. The standard InChI is InChI=1S/C21H26BrNO3/c1-14(2)7-5-8-15(3)9-6-10-16(4)11-20(25)23-19-13-17(24)12-18(22)21(19)26/h7,9,11-13H,5-6,8,10H2,1-4H3,(H,23,25). The third kappa shape index (κ3) is 8.39. The average Bonchev–Trinajstić information content (AvgIpc) is 2.51. The second-order valence-corrected chi connectivity index (χ2v) is 7.53. The maximum atomic E-state index is 12.0. The van der Waals surface area contributed by atoms with Crippen LogP contribution in [-0.4, -0.2) is 17.5 Å². The lowest BCUT2D eigenvalue weighted by molar-refractivity contribution is -0.119. The zero-order valence-corrected chi connectivity index (χ0v) is 17.4. The van der Waals surface area contributed by atoms with Gasteiger partial charge in [-0.25, -0.2) is 0 Å². The van der Waals surface area contributed by atoms with E-state index in [0.29, 0.717) is 0 Å². The number of halogens is 1. The van der Waals surface area contributed by atoms with Crippen LogP contribution in [0.4, 0.5) is 0 Å². The smallest absolute Gasteiger partial charge is 0.248 e. The van der Waals surface area contributed by atoms with Crippen molar-refractivity contribution in [3.63, 3.8) is 0 Å². The minimum atomic E-state index is -0.404. The fourth-order valence-corrected chi connectivity index (χ4v) is 2.80. The zero-order chi connectivity index (χ0) is 19.7. The molecular weight excluding hydrogens is 394 g/mol. The van der Waals surface area contributed by atoms with Gasteiger partial charge in [-0.2, -0.15) is 0 Å². The fourth-order valence-electron chi connectivity index (χ4n) is 2.36. The van der Waals surface area contributed by atoms with Crippen LogP contribution in [0.1, 0.15) is 53.4 Å². The predicted octanol–water partition coefficient (Wildman–Crippen LogP) is 4.84. The van der Waals surface area contributed by atoms with Gasteiger partial charge in [-0.1, -0.05) is 28.9 Å². The first-order valence-corrected chi connectivity index (χ1v) is 9.43. The Labute approximate surface area is 163 Å². The van der Waals surface area contributed by atoms with E-state index in [2.05, 4.69) is 54.2 Å². The van der Waals surface area contributed by atoms with Crippen molar-refractivity contribution in [2.45, 2.75) is 53.4 Å². The van der Waals surface area contributed by atoms with E-state index in [-0.39, 0.29) is 16.0 Å². The Kier molecular flexibility index (Phi) is 9.21. The van der Waals surface area contributed by atoms with Gasteiger partial charge < -0.3 is 5.32 Å². The highest BCUT2D eigenvalue weighted by atomic mass is 79.9. The van der Waals surface area contributed by atoms with E-state index in [4.69, 9.17) is 0 Å². The average molecular weight is 420 g/mol. The lowest BCUT2D eigenvalue weighted by Gasteiger charge is -2.10. The second kappa shape index (κ2) is 10.9. The number of carbonyl (C=O) groups is 3. The monoisotopic (exact) mass is 419 g/mol. The summed E-state index contributed by atoms with van der Waals surface area (Å²) in [5.41, 5.74) is 3.58. The molecule has 1 N–H and O–H groups in total. The van der Waals surface area contributed by atoms with Crippen LogP contribution in [0.5, 0.6) is 0 Å². The number of allylic oxidation sites excluding steroid dienone is 8. The third-order valence-electron chi connectivity index (χ3n) is 3.78. The summed E-state index contributed by atoms with van der Waals surface area (Å²) in [7, 11) is 0. The highest BCUT2D eigenvalue weighted by molar-refractivity contribution is 9.12. The van der Waals surface area contributed by atoms with E-state index < -0.39 is 11.7 Å². The largest absolute Gasteiger partial charge is 0.319 e. The third-order valence-corrected chi connectivity index (χ3v) is 4.36. The maximum absolute atomic E-state index is 12.0. The lowest BCUT2D eigenvalue weighted by Crippen LogP contribution is -2.28. The van der Waals surface area contributed by atoms with Crippen LogP contribution in [0.25, 0.3) is 0 Å². The summed E-state index contributed by atoms with van der Waals surface area (Å²) in [4.78, 5) is 35.4. The molecule has 4 nitrogen and oxygen atoms in total. The number of carbonyl (C=O) groups excluding carboxylic acids is 3. The van der Waals surface area contributed by atoms with Gasteiger partial charge in [-0.05, 0) is 69.3 Å². The van der Waals surface area contributed by atoms with Crippen LogP contribution in [0.15, 0.2) is 57.3 Å². The zero-order valence-electron chi connectivity index (χ0n) is 15.8. The minimum Gasteiger partial charge on any atom is -0.319 e. The summed E-state index contributed by atoms with van der Waals surface area (Å²) in [6.07, 6.45) is 11.9. The number of hydrogen-bond acceptors (Lipinski definition) is 3. The molecule has 140 valence electrons.